The number of likely N-dealkylation sites (N-methyl/N-ethyl adjacent to an activating group) is 1. The zero-order valence-electron chi connectivity index (χ0n) is 16.6. The van der Waals surface area contributed by atoms with E-state index in [2.05, 4.69) is 11.8 Å². The summed E-state index contributed by atoms with van der Waals surface area (Å²) in [7, 11) is 4.03. The predicted octanol–water partition coefficient (Wildman–Crippen LogP) is 2.89. The molecule has 0 atom stereocenters. The number of hydrogen-bond acceptors (Lipinski definition) is 6. The summed E-state index contributed by atoms with van der Waals surface area (Å²) in [5.41, 5.74) is 0. The predicted molar refractivity (Wildman–Crippen MR) is 100.0 cm³/mol. The van der Waals surface area contributed by atoms with Gasteiger partial charge in [0.05, 0.1) is 39.6 Å². The lowest BCUT2D eigenvalue weighted by atomic mass is 10.1. The maximum absolute atomic E-state index is 11.5. The van der Waals surface area contributed by atoms with E-state index in [1.807, 2.05) is 14.1 Å². The normalized spacial score (nSPS) is 11.2. The van der Waals surface area contributed by atoms with Crippen LogP contribution in [-0.4, -0.2) is 77.8 Å². The second-order valence-electron chi connectivity index (χ2n) is 6.38. The van der Waals surface area contributed by atoms with Gasteiger partial charge in [0, 0.05) is 13.0 Å². The Bertz CT molecular complexity index is 287. The Labute approximate surface area is 154 Å². The summed E-state index contributed by atoms with van der Waals surface area (Å²) in [6.07, 6.45) is 7.57. The summed E-state index contributed by atoms with van der Waals surface area (Å²) < 4.78 is 21.3. The Kier molecular flexibility index (Phi) is 19.1. The van der Waals surface area contributed by atoms with Crippen molar-refractivity contribution in [1.82, 2.24) is 4.90 Å². The van der Waals surface area contributed by atoms with Gasteiger partial charge >= 0.3 is 5.97 Å². The van der Waals surface area contributed by atoms with Crippen LogP contribution < -0.4 is 0 Å². The number of carbonyl (C=O) groups excluding carboxylic acids is 1. The van der Waals surface area contributed by atoms with Crippen LogP contribution in [0.2, 0.25) is 0 Å². The minimum atomic E-state index is -0.120. The van der Waals surface area contributed by atoms with E-state index in [-0.39, 0.29) is 5.97 Å². The average Bonchev–Trinajstić information content (AvgIpc) is 2.58. The number of unbranched alkanes of at least 4 members (excludes halogenated alkanes) is 5. The van der Waals surface area contributed by atoms with Crippen LogP contribution in [0.3, 0.4) is 0 Å². The standard InChI is InChI=1S/C19H39NO5/c1-4-5-6-7-8-9-10-19(21)25-18-17-24-16-15-23-14-13-22-12-11-20(2)3/h4-18H2,1-3H3. The van der Waals surface area contributed by atoms with Gasteiger partial charge in [0.15, 0.2) is 0 Å². The highest BCUT2D eigenvalue weighted by Crippen LogP contribution is 2.07. The molecule has 0 aromatic rings. The Morgan fingerprint density at radius 3 is 1.84 bits per heavy atom. The minimum absolute atomic E-state index is 0.120. The van der Waals surface area contributed by atoms with Gasteiger partial charge in [-0.3, -0.25) is 4.79 Å². The monoisotopic (exact) mass is 361 g/mol. The van der Waals surface area contributed by atoms with Gasteiger partial charge in [-0.15, -0.1) is 0 Å². The van der Waals surface area contributed by atoms with Gasteiger partial charge in [0.2, 0.25) is 0 Å². The first-order chi connectivity index (χ1) is 12.2. The summed E-state index contributed by atoms with van der Waals surface area (Å²) in [4.78, 5) is 13.6. The largest absolute Gasteiger partial charge is 0.463 e. The van der Waals surface area contributed by atoms with Crippen LogP contribution in [0.4, 0.5) is 0 Å². The number of hydrogen-bond donors (Lipinski definition) is 0. The van der Waals surface area contributed by atoms with E-state index >= 15 is 0 Å². The van der Waals surface area contributed by atoms with Crippen LogP contribution in [0.15, 0.2) is 0 Å². The van der Waals surface area contributed by atoms with E-state index in [4.69, 9.17) is 18.9 Å². The SMILES string of the molecule is CCCCCCCCC(=O)OCCOCCOCCOCCN(C)C. The van der Waals surface area contributed by atoms with Crippen LogP contribution in [0.25, 0.3) is 0 Å². The summed E-state index contributed by atoms with van der Waals surface area (Å²) >= 11 is 0. The molecule has 150 valence electrons. The first-order valence-corrected chi connectivity index (χ1v) is 9.70. The van der Waals surface area contributed by atoms with Crippen molar-refractivity contribution in [2.24, 2.45) is 0 Å². The minimum Gasteiger partial charge on any atom is -0.463 e. The first kappa shape index (κ1) is 24.3. The lowest BCUT2D eigenvalue weighted by molar-refractivity contribution is -0.145. The van der Waals surface area contributed by atoms with Crippen molar-refractivity contribution in [1.29, 1.82) is 0 Å². The smallest absolute Gasteiger partial charge is 0.305 e. The van der Waals surface area contributed by atoms with Crippen molar-refractivity contribution in [3.63, 3.8) is 0 Å². The summed E-state index contributed by atoms with van der Waals surface area (Å²) in [5, 5.41) is 0. The molecule has 0 rings (SSSR count). The van der Waals surface area contributed by atoms with Crippen molar-refractivity contribution in [3.05, 3.63) is 0 Å². The van der Waals surface area contributed by atoms with Crippen molar-refractivity contribution >= 4 is 5.97 Å². The Hall–Kier alpha value is -0.690. The van der Waals surface area contributed by atoms with Gasteiger partial charge < -0.3 is 23.8 Å². The topological polar surface area (TPSA) is 57.2 Å². The molecule has 0 unspecified atom stereocenters. The second kappa shape index (κ2) is 19.6. The summed E-state index contributed by atoms with van der Waals surface area (Å²) in [6.45, 7) is 6.79. The van der Waals surface area contributed by atoms with Gasteiger partial charge in [-0.2, -0.15) is 0 Å². The van der Waals surface area contributed by atoms with Gasteiger partial charge in [-0.05, 0) is 20.5 Å². The Morgan fingerprint density at radius 1 is 0.720 bits per heavy atom. The molecule has 0 aromatic heterocycles. The van der Waals surface area contributed by atoms with Gasteiger partial charge in [0.1, 0.15) is 6.61 Å². The number of nitrogens with zero attached hydrogens (tertiary/aromatic N) is 1. The lowest BCUT2D eigenvalue weighted by Crippen LogP contribution is -2.19. The van der Waals surface area contributed by atoms with E-state index < -0.39 is 0 Å². The zero-order chi connectivity index (χ0) is 18.6. The Morgan fingerprint density at radius 2 is 1.24 bits per heavy atom. The van der Waals surface area contributed by atoms with E-state index in [1.54, 1.807) is 0 Å². The molecule has 0 bridgehead atoms. The maximum Gasteiger partial charge on any atom is 0.305 e. The highest BCUT2D eigenvalue weighted by molar-refractivity contribution is 5.69. The van der Waals surface area contributed by atoms with Crippen LogP contribution in [0.1, 0.15) is 51.9 Å². The molecule has 25 heavy (non-hydrogen) atoms. The van der Waals surface area contributed by atoms with E-state index in [0.717, 1.165) is 26.0 Å². The first-order valence-electron chi connectivity index (χ1n) is 9.70. The molecule has 6 heteroatoms. The highest BCUT2D eigenvalue weighted by atomic mass is 16.6. The molecular formula is C19H39NO5. The van der Waals surface area contributed by atoms with Crippen LogP contribution in [0, 0.1) is 0 Å². The third-order valence-corrected chi connectivity index (χ3v) is 3.65. The summed E-state index contributed by atoms with van der Waals surface area (Å²) in [6, 6.07) is 0. The molecule has 0 amide bonds. The molecule has 0 fully saturated rings. The van der Waals surface area contributed by atoms with Crippen LogP contribution in [0.5, 0.6) is 0 Å². The van der Waals surface area contributed by atoms with Crippen LogP contribution in [-0.2, 0) is 23.7 Å². The molecule has 0 heterocycles. The molecule has 0 aliphatic heterocycles. The average molecular weight is 362 g/mol. The van der Waals surface area contributed by atoms with Crippen molar-refractivity contribution in [2.75, 3.05) is 66.9 Å². The molecule has 0 radical (unpaired) electrons. The van der Waals surface area contributed by atoms with E-state index in [1.165, 1.54) is 25.7 Å². The van der Waals surface area contributed by atoms with Crippen molar-refractivity contribution in [2.45, 2.75) is 51.9 Å². The van der Waals surface area contributed by atoms with Crippen molar-refractivity contribution in [3.8, 4) is 0 Å². The van der Waals surface area contributed by atoms with Gasteiger partial charge in [-0.25, -0.2) is 0 Å². The number of carbonyl (C=O) groups is 1. The second-order valence-corrected chi connectivity index (χ2v) is 6.38. The third-order valence-electron chi connectivity index (χ3n) is 3.65. The fourth-order valence-corrected chi connectivity index (χ4v) is 2.13. The molecule has 0 N–H and O–H groups in total. The molecule has 0 spiro atoms. The lowest BCUT2D eigenvalue weighted by Gasteiger charge is -2.10. The van der Waals surface area contributed by atoms with E-state index in [0.29, 0.717) is 46.1 Å². The molecule has 0 saturated heterocycles. The quantitative estimate of drug-likeness (QED) is 0.260. The molecule has 0 aromatic carbocycles. The van der Waals surface area contributed by atoms with Gasteiger partial charge in [0.25, 0.3) is 0 Å². The zero-order valence-corrected chi connectivity index (χ0v) is 16.6. The highest BCUT2D eigenvalue weighted by Gasteiger charge is 2.02. The van der Waals surface area contributed by atoms with E-state index in [9.17, 15) is 4.79 Å². The third kappa shape index (κ3) is 21.3. The molecule has 6 nitrogen and oxygen atoms in total. The number of esters is 1. The van der Waals surface area contributed by atoms with Crippen LogP contribution >= 0.6 is 0 Å². The molecule has 0 aliphatic rings. The van der Waals surface area contributed by atoms with Crippen molar-refractivity contribution < 1.29 is 23.7 Å². The van der Waals surface area contributed by atoms with Gasteiger partial charge in [-0.1, -0.05) is 39.0 Å². The molecule has 0 saturated carbocycles. The molecular weight excluding hydrogens is 322 g/mol. The Balaban J connectivity index is 3.13. The summed E-state index contributed by atoms with van der Waals surface area (Å²) in [5.74, 6) is -0.120. The molecule has 0 aliphatic carbocycles. The maximum atomic E-state index is 11.5. The fourth-order valence-electron chi connectivity index (χ4n) is 2.13. The fraction of sp³-hybridized carbons (Fsp3) is 0.947. The number of rotatable bonds is 19. The number of ether oxygens (including phenoxy) is 4.